The van der Waals surface area contributed by atoms with Crippen molar-refractivity contribution >= 4 is 23.2 Å². The van der Waals surface area contributed by atoms with Crippen molar-refractivity contribution in [1.29, 1.82) is 0 Å². The van der Waals surface area contributed by atoms with Gasteiger partial charge in [-0.3, -0.25) is 0 Å². The molecule has 9 nitrogen and oxygen atoms in total. The van der Waals surface area contributed by atoms with Crippen LogP contribution < -0.4 is 58.5 Å². The second-order valence-corrected chi connectivity index (χ2v) is 14.3. The second kappa shape index (κ2) is 17.1. The zero-order valence-electron chi connectivity index (χ0n) is 29.6. The molecule has 256 valence electrons. The number of hydrogen-bond donors (Lipinski definition) is 0. The Hall–Kier alpha value is -4.23. The molecule has 0 heterocycles. The van der Waals surface area contributed by atoms with Gasteiger partial charge in [0.15, 0.2) is 50.4 Å². The van der Waals surface area contributed by atoms with E-state index in [1.54, 1.807) is 64.0 Å². The predicted octanol–water partition coefficient (Wildman–Crippen LogP) is 6.61. The maximum Gasteiger partial charge on any atom is 0.189 e. The number of rotatable bonds is 18. The lowest BCUT2D eigenvalue weighted by Crippen LogP contribution is -2.37. The summed E-state index contributed by atoms with van der Waals surface area (Å²) in [6, 6.07) is 11.2. The lowest BCUT2D eigenvalue weighted by molar-refractivity contribution is 0.378. The number of benzene rings is 3. The zero-order valence-corrected chi connectivity index (χ0v) is 30.5. The molecule has 0 aliphatic heterocycles. The summed E-state index contributed by atoms with van der Waals surface area (Å²) >= 11 is 0. The Morgan fingerprint density at radius 3 is 1.11 bits per heavy atom. The van der Waals surface area contributed by atoms with E-state index in [0.29, 0.717) is 63.8 Å². The average Bonchev–Trinajstić information content (AvgIpc) is 3.12. The van der Waals surface area contributed by atoms with Gasteiger partial charge >= 0.3 is 0 Å². The van der Waals surface area contributed by atoms with Gasteiger partial charge in [0.25, 0.3) is 0 Å². The first-order chi connectivity index (χ1) is 22.7. The van der Waals surface area contributed by atoms with Gasteiger partial charge in [-0.05, 0) is 31.8 Å². The third-order valence-corrected chi connectivity index (χ3v) is 12.7. The van der Waals surface area contributed by atoms with E-state index in [9.17, 15) is 0 Å². The van der Waals surface area contributed by atoms with Crippen LogP contribution in [0, 0.1) is 5.92 Å². The Balaban J connectivity index is 2.75. The van der Waals surface area contributed by atoms with Crippen LogP contribution in [0.1, 0.15) is 26.7 Å². The maximum atomic E-state index is 6.19. The molecule has 0 N–H and O–H groups in total. The molecule has 3 aromatic carbocycles. The fraction of sp³-hybridized carbons (Fsp3) is 0.405. The van der Waals surface area contributed by atoms with E-state index in [1.807, 2.05) is 42.5 Å². The van der Waals surface area contributed by atoms with E-state index in [1.165, 1.54) is 5.57 Å². The van der Waals surface area contributed by atoms with Crippen LogP contribution in [-0.4, -0.2) is 70.2 Å². The summed E-state index contributed by atoms with van der Waals surface area (Å²) in [5.74, 6) is 5.45. The smallest absolute Gasteiger partial charge is 0.189 e. The average molecular weight is 670 g/mol. The van der Waals surface area contributed by atoms with Crippen molar-refractivity contribution in [2.45, 2.75) is 26.7 Å². The van der Waals surface area contributed by atoms with E-state index in [4.69, 9.17) is 42.6 Å². The second-order valence-electron chi connectivity index (χ2n) is 10.9. The summed E-state index contributed by atoms with van der Waals surface area (Å²) in [6.45, 7) is 8.29. The van der Waals surface area contributed by atoms with E-state index in [2.05, 4.69) is 26.5 Å². The number of ether oxygens (including phenoxy) is 9. The van der Waals surface area contributed by atoms with Crippen molar-refractivity contribution in [3.8, 4) is 51.7 Å². The molecule has 10 heteroatoms. The zero-order chi connectivity index (χ0) is 34.7. The van der Waals surface area contributed by atoms with Crippen LogP contribution in [0.15, 0.2) is 60.7 Å². The Labute approximate surface area is 280 Å². The molecule has 0 saturated heterocycles. The highest BCUT2D eigenvalue weighted by Crippen LogP contribution is 2.66. The topological polar surface area (TPSA) is 83.1 Å². The van der Waals surface area contributed by atoms with Gasteiger partial charge in [0, 0.05) is 36.4 Å². The van der Waals surface area contributed by atoms with Crippen LogP contribution >= 0.6 is 7.26 Å². The summed E-state index contributed by atoms with van der Waals surface area (Å²) in [4.78, 5) is 0. The van der Waals surface area contributed by atoms with Gasteiger partial charge in [-0.15, -0.1) is 6.58 Å². The van der Waals surface area contributed by atoms with Crippen LogP contribution in [0.2, 0.25) is 0 Å². The van der Waals surface area contributed by atoms with Crippen molar-refractivity contribution < 1.29 is 42.6 Å². The molecule has 1 atom stereocenters. The summed E-state index contributed by atoms with van der Waals surface area (Å²) in [5.41, 5.74) is 1.22. The third-order valence-electron chi connectivity index (χ3n) is 8.32. The van der Waals surface area contributed by atoms with Crippen molar-refractivity contribution in [2.75, 3.05) is 70.2 Å². The first kappa shape index (κ1) is 37.2. The Morgan fingerprint density at radius 2 is 0.872 bits per heavy atom. The third kappa shape index (κ3) is 7.68. The summed E-state index contributed by atoms with van der Waals surface area (Å²) in [7, 11) is 11.5. The molecule has 0 bridgehead atoms. The van der Waals surface area contributed by atoms with Crippen LogP contribution in [0.4, 0.5) is 0 Å². The molecule has 0 aliphatic rings. The molecule has 0 amide bonds. The molecule has 3 aromatic rings. The fourth-order valence-corrected chi connectivity index (χ4v) is 10.7. The van der Waals surface area contributed by atoms with E-state index in [0.717, 1.165) is 28.8 Å². The van der Waals surface area contributed by atoms with Gasteiger partial charge in [-0.2, -0.15) is 0 Å². The highest BCUT2D eigenvalue weighted by molar-refractivity contribution is 7.96. The molecule has 0 aliphatic carbocycles. The van der Waals surface area contributed by atoms with Crippen LogP contribution in [0.25, 0.3) is 0 Å². The van der Waals surface area contributed by atoms with Gasteiger partial charge in [0.1, 0.15) is 24.5 Å². The Kier molecular flexibility index (Phi) is 13.5. The van der Waals surface area contributed by atoms with Gasteiger partial charge in [-0.25, -0.2) is 0 Å². The summed E-state index contributed by atoms with van der Waals surface area (Å²) in [5, 5.41) is 2.36. The van der Waals surface area contributed by atoms with E-state index in [-0.39, 0.29) is 0 Å². The molecule has 0 aromatic heterocycles. The molecular formula is C37H50O9P+. The van der Waals surface area contributed by atoms with Gasteiger partial charge in [0.05, 0.1) is 70.2 Å². The van der Waals surface area contributed by atoms with Gasteiger partial charge < -0.3 is 42.6 Å². The maximum absolute atomic E-state index is 6.19. The molecule has 0 fully saturated rings. The SMILES string of the molecule is C=CC(C)CCC(C)=CC[P+](c1c(OC)cc(OC)cc1OC)(c1c(OC)cc(OC)cc1OC)c1c(OC)cc(OC)cc1OC. The quantitative estimate of drug-likeness (QED) is 0.110. The molecule has 0 spiro atoms. The van der Waals surface area contributed by atoms with Crippen LogP contribution in [-0.2, 0) is 0 Å². The Morgan fingerprint density at radius 1 is 0.574 bits per heavy atom. The molecule has 3 rings (SSSR count). The lowest BCUT2D eigenvalue weighted by atomic mass is 10.0. The normalized spacial score (nSPS) is 12.1. The van der Waals surface area contributed by atoms with Crippen LogP contribution in [0.5, 0.6) is 51.7 Å². The first-order valence-corrected chi connectivity index (χ1v) is 17.2. The molecule has 0 radical (unpaired) electrons. The lowest BCUT2D eigenvalue weighted by Gasteiger charge is -2.33. The number of methoxy groups -OCH3 is 9. The minimum atomic E-state index is -3.09. The minimum Gasteiger partial charge on any atom is -0.496 e. The minimum absolute atomic E-state index is 0.378. The molecule has 0 saturated carbocycles. The monoisotopic (exact) mass is 669 g/mol. The van der Waals surface area contributed by atoms with E-state index >= 15 is 0 Å². The molecule has 47 heavy (non-hydrogen) atoms. The fourth-order valence-electron chi connectivity index (χ4n) is 5.67. The van der Waals surface area contributed by atoms with Gasteiger partial charge in [0.2, 0.25) is 0 Å². The Bertz CT molecular complexity index is 1320. The molecule has 1 unspecified atom stereocenters. The largest absolute Gasteiger partial charge is 0.496 e. The van der Waals surface area contributed by atoms with Crippen molar-refractivity contribution in [1.82, 2.24) is 0 Å². The van der Waals surface area contributed by atoms with Crippen molar-refractivity contribution in [3.05, 3.63) is 60.7 Å². The van der Waals surface area contributed by atoms with E-state index < -0.39 is 7.26 Å². The summed E-state index contributed by atoms with van der Waals surface area (Å²) < 4.78 is 54.2. The van der Waals surface area contributed by atoms with Gasteiger partial charge in [-0.1, -0.05) is 18.6 Å². The molecular weight excluding hydrogens is 619 g/mol. The van der Waals surface area contributed by atoms with Crippen molar-refractivity contribution in [2.24, 2.45) is 5.92 Å². The first-order valence-electron chi connectivity index (χ1n) is 15.2. The van der Waals surface area contributed by atoms with Crippen LogP contribution in [0.3, 0.4) is 0 Å². The van der Waals surface area contributed by atoms with Crippen molar-refractivity contribution in [3.63, 3.8) is 0 Å². The highest BCUT2D eigenvalue weighted by Gasteiger charge is 2.57. The number of allylic oxidation sites excluding steroid dienone is 3. The standard InChI is InChI=1S/C37H50O9P/c1-13-24(2)14-15-25(3)16-17-47(35-29(41-7)18-26(38-4)19-30(35)42-8,36-31(43-9)20-27(39-5)21-32(36)44-10)37-33(45-11)22-28(40-6)23-34(37)46-12/h13,16,18-24H,1,14-15,17H2,2-12H3/q+1. The number of hydrogen-bond acceptors (Lipinski definition) is 9. The predicted molar refractivity (Wildman–Crippen MR) is 191 cm³/mol. The highest BCUT2D eigenvalue weighted by atomic mass is 31.2. The summed E-state index contributed by atoms with van der Waals surface area (Å²) in [6.07, 6.45) is 6.61.